The topological polar surface area (TPSA) is 45.1 Å². The van der Waals surface area contributed by atoms with E-state index in [0.29, 0.717) is 6.54 Å². The Kier molecular flexibility index (Phi) is 5.79. The van der Waals surface area contributed by atoms with Gasteiger partial charge in [-0.05, 0) is 42.0 Å². The highest BCUT2D eigenvalue weighted by molar-refractivity contribution is 7.98. The van der Waals surface area contributed by atoms with E-state index in [-0.39, 0.29) is 0 Å². The summed E-state index contributed by atoms with van der Waals surface area (Å²) in [5, 5.41) is 13.5. The molecule has 0 bridgehead atoms. The maximum Gasteiger partial charge on any atom is 0.0833 e. The molecule has 1 heterocycles. The van der Waals surface area contributed by atoms with Crippen molar-refractivity contribution >= 4 is 11.8 Å². The van der Waals surface area contributed by atoms with Crippen LogP contribution in [0, 0.1) is 0 Å². The van der Waals surface area contributed by atoms with Crippen LogP contribution in [0.15, 0.2) is 48.8 Å². The van der Waals surface area contributed by atoms with Gasteiger partial charge < -0.3 is 10.4 Å². The predicted molar refractivity (Wildman–Crippen MR) is 90.4 cm³/mol. The molecule has 1 aromatic carbocycles. The summed E-state index contributed by atoms with van der Waals surface area (Å²) in [6.07, 6.45) is 5.66. The first-order valence-corrected chi connectivity index (χ1v) is 8.41. The summed E-state index contributed by atoms with van der Waals surface area (Å²) in [5.41, 5.74) is 2.82. The molecule has 0 saturated heterocycles. The van der Waals surface area contributed by atoms with Crippen LogP contribution in [0.25, 0.3) is 11.1 Å². The van der Waals surface area contributed by atoms with Crippen molar-refractivity contribution in [3.63, 3.8) is 0 Å². The molecule has 0 aliphatic rings. The number of hydrogen-bond donors (Lipinski definition) is 2. The lowest BCUT2D eigenvalue weighted by molar-refractivity contribution is 0.0846. The number of thioether (sulfide) groups is 1. The van der Waals surface area contributed by atoms with Gasteiger partial charge in [-0.15, -0.1) is 0 Å². The van der Waals surface area contributed by atoms with Crippen LogP contribution in [0.4, 0.5) is 0 Å². The Bertz CT molecular complexity index is 558. The second-order valence-electron chi connectivity index (χ2n) is 5.48. The average molecular weight is 302 g/mol. The van der Waals surface area contributed by atoms with Gasteiger partial charge in [-0.1, -0.05) is 24.3 Å². The quantitative estimate of drug-likeness (QED) is 0.825. The number of aromatic nitrogens is 1. The van der Waals surface area contributed by atoms with Crippen molar-refractivity contribution in [2.75, 3.05) is 18.6 Å². The Morgan fingerprint density at radius 1 is 1.24 bits per heavy atom. The van der Waals surface area contributed by atoms with Crippen LogP contribution < -0.4 is 5.32 Å². The molecule has 2 N–H and O–H groups in total. The van der Waals surface area contributed by atoms with Crippen LogP contribution in [0.3, 0.4) is 0 Å². The SMILES string of the molecule is CSCC(C)(O)CNCc1cccc(-c2cccnc2)c1. The smallest absolute Gasteiger partial charge is 0.0833 e. The van der Waals surface area contributed by atoms with Crippen molar-refractivity contribution < 1.29 is 5.11 Å². The molecule has 21 heavy (non-hydrogen) atoms. The van der Waals surface area contributed by atoms with Crippen LogP contribution in [-0.4, -0.2) is 34.2 Å². The van der Waals surface area contributed by atoms with Crippen molar-refractivity contribution in [1.82, 2.24) is 10.3 Å². The molecule has 0 fully saturated rings. The Morgan fingerprint density at radius 2 is 2.05 bits per heavy atom. The van der Waals surface area contributed by atoms with Crippen molar-refractivity contribution in [3.05, 3.63) is 54.4 Å². The molecule has 0 aliphatic heterocycles. The molecule has 0 saturated carbocycles. The van der Waals surface area contributed by atoms with Gasteiger partial charge in [0.2, 0.25) is 0 Å². The Hall–Kier alpha value is -1.36. The first-order valence-electron chi connectivity index (χ1n) is 7.02. The van der Waals surface area contributed by atoms with Crippen molar-refractivity contribution in [2.24, 2.45) is 0 Å². The molecule has 4 heteroatoms. The molecule has 1 aromatic heterocycles. The number of rotatable bonds is 7. The summed E-state index contributed by atoms with van der Waals surface area (Å²) in [6.45, 7) is 3.20. The Morgan fingerprint density at radius 3 is 2.76 bits per heavy atom. The fourth-order valence-corrected chi connectivity index (χ4v) is 2.96. The largest absolute Gasteiger partial charge is 0.388 e. The summed E-state index contributed by atoms with van der Waals surface area (Å²) in [6, 6.07) is 12.4. The lowest BCUT2D eigenvalue weighted by atomic mass is 10.0. The number of benzene rings is 1. The lowest BCUT2D eigenvalue weighted by Gasteiger charge is -2.22. The fraction of sp³-hybridized carbons (Fsp3) is 0.353. The summed E-state index contributed by atoms with van der Waals surface area (Å²) in [5.74, 6) is 0.732. The van der Waals surface area contributed by atoms with E-state index in [0.717, 1.165) is 17.9 Å². The average Bonchev–Trinajstić information content (AvgIpc) is 2.48. The first kappa shape index (κ1) is 16.0. The van der Waals surface area contributed by atoms with Gasteiger partial charge in [-0.3, -0.25) is 4.98 Å². The molecule has 112 valence electrons. The number of pyridine rings is 1. The third kappa shape index (κ3) is 5.16. The van der Waals surface area contributed by atoms with Crippen LogP contribution in [0.1, 0.15) is 12.5 Å². The zero-order chi connectivity index (χ0) is 15.1. The maximum atomic E-state index is 10.1. The van der Waals surface area contributed by atoms with Crippen LogP contribution in [0.5, 0.6) is 0 Å². The second kappa shape index (κ2) is 7.59. The van der Waals surface area contributed by atoms with Crippen LogP contribution >= 0.6 is 11.8 Å². The van der Waals surface area contributed by atoms with E-state index in [1.807, 2.05) is 25.4 Å². The molecule has 2 rings (SSSR count). The molecule has 0 amide bonds. The monoisotopic (exact) mass is 302 g/mol. The lowest BCUT2D eigenvalue weighted by Crippen LogP contribution is -2.39. The van der Waals surface area contributed by atoms with Gasteiger partial charge in [-0.25, -0.2) is 0 Å². The van der Waals surface area contributed by atoms with Gasteiger partial charge in [0.05, 0.1) is 5.60 Å². The van der Waals surface area contributed by atoms with Crippen molar-refractivity contribution in [3.8, 4) is 11.1 Å². The molecule has 0 spiro atoms. The summed E-state index contributed by atoms with van der Waals surface area (Å²) in [4.78, 5) is 4.15. The minimum atomic E-state index is -0.666. The highest BCUT2D eigenvalue weighted by Gasteiger charge is 2.18. The standard InChI is InChI=1S/C17H22N2OS/c1-17(20,13-21-2)12-19-10-14-5-3-6-15(9-14)16-7-4-8-18-11-16/h3-9,11,19-20H,10,12-13H2,1-2H3. The van der Waals surface area contributed by atoms with Gasteiger partial charge in [0.1, 0.15) is 0 Å². The third-order valence-electron chi connectivity index (χ3n) is 3.21. The van der Waals surface area contributed by atoms with Crippen molar-refractivity contribution in [1.29, 1.82) is 0 Å². The zero-order valence-electron chi connectivity index (χ0n) is 12.5. The zero-order valence-corrected chi connectivity index (χ0v) is 13.4. The van der Waals surface area contributed by atoms with Gasteiger partial charge in [0.25, 0.3) is 0 Å². The Labute approximate surface area is 130 Å². The van der Waals surface area contributed by atoms with E-state index in [1.165, 1.54) is 11.1 Å². The maximum absolute atomic E-state index is 10.1. The highest BCUT2D eigenvalue weighted by Crippen LogP contribution is 2.19. The predicted octanol–water partition coefficient (Wildman–Crippen LogP) is 2.95. The minimum absolute atomic E-state index is 0.588. The van der Waals surface area contributed by atoms with E-state index >= 15 is 0 Å². The molecule has 0 aliphatic carbocycles. The Balaban J connectivity index is 1.96. The van der Waals surface area contributed by atoms with Crippen molar-refractivity contribution in [2.45, 2.75) is 19.1 Å². The molecular weight excluding hydrogens is 280 g/mol. The molecule has 1 unspecified atom stereocenters. The van der Waals surface area contributed by atoms with E-state index < -0.39 is 5.60 Å². The normalized spacial score (nSPS) is 13.9. The van der Waals surface area contributed by atoms with E-state index in [1.54, 1.807) is 18.0 Å². The number of nitrogens with zero attached hydrogens (tertiary/aromatic N) is 1. The van der Waals surface area contributed by atoms with E-state index in [4.69, 9.17) is 0 Å². The van der Waals surface area contributed by atoms with Gasteiger partial charge in [-0.2, -0.15) is 11.8 Å². The summed E-state index contributed by atoms with van der Waals surface area (Å²) in [7, 11) is 0. The van der Waals surface area contributed by atoms with Crippen LogP contribution in [0.2, 0.25) is 0 Å². The van der Waals surface area contributed by atoms with Gasteiger partial charge in [0, 0.05) is 31.2 Å². The third-order valence-corrected chi connectivity index (χ3v) is 4.12. The minimum Gasteiger partial charge on any atom is -0.388 e. The fourth-order valence-electron chi connectivity index (χ4n) is 2.23. The number of aliphatic hydroxyl groups is 1. The molecule has 2 aromatic rings. The van der Waals surface area contributed by atoms with Crippen LogP contribution in [-0.2, 0) is 6.54 Å². The summed E-state index contributed by atoms with van der Waals surface area (Å²) >= 11 is 1.66. The summed E-state index contributed by atoms with van der Waals surface area (Å²) < 4.78 is 0. The highest BCUT2D eigenvalue weighted by atomic mass is 32.2. The first-order chi connectivity index (χ1) is 10.1. The molecular formula is C17H22N2OS. The van der Waals surface area contributed by atoms with Gasteiger partial charge in [0.15, 0.2) is 0 Å². The molecule has 3 nitrogen and oxygen atoms in total. The second-order valence-corrected chi connectivity index (χ2v) is 6.34. The molecule has 1 atom stereocenters. The number of hydrogen-bond acceptors (Lipinski definition) is 4. The molecule has 0 radical (unpaired) electrons. The number of nitrogens with one attached hydrogen (secondary N) is 1. The van der Waals surface area contributed by atoms with Gasteiger partial charge >= 0.3 is 0 Å². The van der Waals surface area contributed by atoms with E-state index in [9.17, 15) is 5.11 Å². The van der Waals surface area contributed by atoms with E-state index in [2.05, 4.69) is 40.6 Å².